The summed E-state index contributed by atoms with van der Waals surface area (Å²) in [5.74, 6) is 0.0975. The fourth-order valence-corrected chi connectivity index (χ4v) is 2.42. The van der Waals surface area contributed by atoms with Gasteiger partial charge >= 0.3 is 0 Å². The van der Waals surface area contributed by atoms with Gasteiger partial charge in [-0.3, -0.25) is 4.79 Å². The smallest absolute Gasteiger partial charge is 0.224 e. The third-order valence-electron chi connectivity index (χ3n) is 3.32. The molecule has 0 aliphatic heterocycles. The summed E-state index contributed by atoms with van der Waals surface area (Å²) in [6, 6.07) is 0. The van der Waals surface area contributed by atoms with Crippen molar-refractivity contribution in [2.24, 2.45) is 5.73 Å². The lowest BCUT2D eigenvalue weighted by Gasteiger charge is -2.28. The monoisotopic (exact) mass is 228 g/mol. The van der Waals surface area contributed by atoms with Crippen LogP contribution in [0.2, 0.25) is 0 Å². The van der Waals surface area contributed by atoms with Crippen LogP contribution in [0.5, 0.6) is 0 Å². The number of rotatable bonds is 6. The normalized spacial score (nSPS) is 18.7. The van der Waals surface area contributed by atoms with Gasteiger partial charge in [0.05, 0.1) is 6.61 Å². The number of carbonyl (C=O) groups is 1. The molecule has 1 aliphatic rings. The lowest BCUT2D eigenvalue weighted by Crippen LogP contribution is -2.44. The van der Waals surface area contributed by atoms with E-state index >= 15 is 0 Å². The van der Waals surface area contributed by atoms with Gasteiger partial charge in [-0.05, 0) is 19.3 Å². The van der Waals surface area contributed by atoms with E-state index in [0.717, 1.165) is 38.6 Å². The molecule has 0 atom stereocenters. The Balaban J connectivity index is 2.47. The number of hydrogen-bond acceptors (Lipinski definition) is 3. The average molecular weight is 228 g/mol. The molecule has 0 bridgehead atoms. The summed E-state index contributed by atoms with van der Waals surface area (Å²) in [6.45, 7) is 3.22. The van der Waals surface area contributed by atoms with Gasteiger partial charge in [-0.2, -0.15) is 0 Å². The Morgan fingerprint density at radius 2 is 2.00 bits per heavy atom. The first-order valence-electron chi connectivity index (χ1n) is 6.29. The highest BCUT2D eigenvalue weighted by Gasteiger charge is 2.32. The third-order valence-corrected chi connectivity index (χ3v) is 3.32. The molecular weight excluding hydrogens is 204 g/mol. The number of amides is 1. The highest BCUT2D eigenvalue weighted by Crippen LogP contribution is 2.30. The molecule has 1 fully saturated rings. The molecule has 0 spiro atoms. The van der Waals surface area contributed by atoms with Crippen LogP contribution < -0.4 is 5.73 Å². The predicted molar refractivity (Wildman–Crippen MR) is 64.0 cm³/mol. The molecule has 1 rings (SSSR count). The van der Waals surface area contributed by atoms with Crippen molar-refractivity contribution in [2.45, 2.75) is 51.0 Å². The first-order valence-corrected chi connectivity index (χ1v) is 6.29. The van der Waals surface area contributed by atoms with Crippen molar-refractivity contribution >= 4 is 5.91 Å². The Morgan fingerprint density at radius 1 is 1.38 bits per heavy atom. The van der Waals surface area contributed by atoms with Crippen LogP contribution in [0.4, 0.5) is 0 Å². The Bertz CT molecular complexity index is 219. The Kier molecular flexibility index (Phi) is 5.22. The molecule has 1 saturated carbocycles. The minimum absolute atomic E-state index is 0.0311. The zero-order chi connectivity index (χ0) is 12.0. The van der Waals surface area contributed by atoms with E-state index < -0.39 is 0 Å². The molecule has 16 heavy (non-hydrogen) atoms. The molecule has 94 valence electrons. The second-order valence-corrected chi connectivity index (χ2v) is 4.85. The zero-order valence-corrected chi connectivity index (χ0v) is 10.2. The summed E-state index contributed by atoms with van der Waals surface area (Å²) in [4.78, 5) is 13.7. The maximum atomic E-state index is 12.0. The molecule has 0 heterocycles. The lowest BCUT2D eigenvalue weighted by molar-refractivity contribution is -0.133. The van der Waals surface area contributed by atoms with Crippen molar-refractivity contribution in [3.05, 3.63) is 0 Å². The van der Waals surface area contributed by atoms with E-state index in [-0.39, 0.29) is 18.1 Å². The molecule has 0 aromatic carbocycles. The van der Waals surface area contributed by atoms with Gasteiger partial charge in [0, 0.05) is 25.0 Å². The number of carbonyl (C=O) groups excluding carboxylic acids is 1. The average Bonchev–Trinajstić information content (AvgIpc) is 2.64. The van der Waals surface area contributed by atoms with E-state index in [4.69, 9.17) is 10.8 Å². The van der Waals surface area contributed by atoms with Gasteiger partial charge in [-0.1, -0.05) is 19.8 Å². The molecule has 4 heteroatoms. The lowest BCUT2D eigenvalue weighted by atomic mass is 9.94. The van der Waals surface area contributed by atoms with E-state index in [2.05, 4.69) is 0 Å². The van der Waals surface area contributed by atoms with Crippen molar-refractivity contribution in [2.75, 3.05) is 19.7 Å². The first-order chi connectivity index (χ1) is 7.61. The predicted octanol–water partition coefficient (Wildman–Crippen LogP) is 0.879. The molecule has 0 unspecified atom stereocenters. The van der Waals surface area contributed by atoms with Crippen LogP contribution >= 0.6 is 0 Å². The number of hydrogen-bond donors (Lipinski definition) is 2. The molecule has 0 aromatic heterocycles. The zero-order valence-electron chi connectivity index (χ0n) is 10.2. The second kappa shape index (κ2) is 6.21. The van der Waals surface area contributed by atoms with E-state index in [0.29, 0.717) is 13.0 Å². The largest absolute Gasteiger partial charge is 0.395 e. The fourth-order valence-electron chi connectivity index (χ4n) is 2.42. The minimum atomic E-state index is -0.279. The third kappa shape index (κ3) is 3.76. The summed E-state index contributed by atoms with van der Waals surface area (Å²) >= 11 is 0. The van der Waals surface area contributed by atoms with E-state index in [1.807, 2.05) is 6.92 Å². The van der Waals surface area contributed by atoms with Crippen molar-refractivity contribution in [1.82, 2.24) is 4.90 Å². The van der Waals surface area contributed by atoms with Crippen molar-refractivity contribution in [3.63, 3.8) is 0 Å². The SMILES string of the molecule is CCCN(CCO)C(=O)CC1(N)CCCC1. The quantitative estimate of drug-likeness (QED) is 0.709. The van der Waals surface area contributed by atoms with Gasteiger partial charge in [-0.25, -0.2) is 0 Å². The summed E-state index contributed by atoms with van der Waals surface area (Å²) in [5.41, 5.74) is 5.90. The van der Waals surface area contributed by atoms with Gasteiger partial charge in [0.15, 0.2) is 0 Å². The Labute approximate surface area is 97.8 Å². The van der Waals surface area contributed by atoms with Crippen LogP contribution in [0.25, 0.3) is 0 Å². The van der Waals surface area contributed by atoms with E-state index in [1.54, 1.807) is 4.90 Å². The van der Waals surface area contributed by atoms with Crippen molar-refractivity contribution < 1.29 is 9.90 Å². The standard InChI is InChI=1S/C12H24N2O2/c1-2-7-14(8-9-15)11(16)10-12(13)5-3-4-6-12/h15H,2-10,13H2,1H3. The number of aliphatic hydroxyl groups is 1. The Hall–Kier alpha value is -0.610. The van der Waals surface area contributed by atoms with E-state index in [9.17, 15) is 4.79 Å². The number of nitrogens with zero attached hydrogens (tertiary/aromatic N) is 1. The molecule has 1 amide bonds. The van der Waals surface area contributed by atoms with Gasteiger partial charge < -0.3 is 15.7 Å². The second-order valence-electron chi connectivity index (χ2n) is 4.85. The maximum Gasteiger partial charge on any atom is 0.224 e. The molecule has 0 radical (unpaired) electrons. The molecule has 3 N–H and O–H groups in total. The van der Waals surface area contributed by atoms with Crippen LogP contribution in [0.15, 0.2) is 0 Å². The van der Waals surface area contributed by atoms with Crippen LogP contribution in [-0.4, -0.2) is 41.1 Å². The fraction of sp³-hybridized carbons (Fsp3) is 0.917. The van der Waals surface area contributed by atoms with Crippen LogP contribution in [-0.2, 0) is 4.79 Å². The molecule has 4 nitrogen and oxygen atoms in total. The number of aliphatic hydroxyl groups excluding tert-OH is 1. The minimum Gasteiger partial charge on any atom is -0.395 e. The van der Waals surface area contributed by atoms with Crippen LogP contribution in [0, 0.1) is 0 Å². The highest BCUT2D eigenvalue weighted by molar-refractivity contribution is 5.77. The van der Waals surface area contributed by atoms with Crippen LogP contribution in [0.1, 0.15) is 45.4 Å². The van der Waals surface area contributed by atoms with E-state index in [1.165, 1.54) is 0 Å². The molecular formula is C12H24N2O2. The topological polar surface area (TPSA) is 66.6 Å². The summed E-state index contributed by atoms with van der Waals surface area (Å²) < 4.78 is 0. The number of nitrogens with two attached hydrogens (primary N) is 1. The van der Waals surface area contributed by atoms with Gasteiger partial charge in [-0.15, -0.1) is 0 Å². The van der Waals surface area contributed by atoms with Crippen molar-refractivity contribution in [3.8, 4) is 0 Å². The molecule has 0 aromatic rings. The maximum absolute atomic E-state index is 12.0. The first kappa shape index (κ1) is 13.5. The molecule has 0 saturated heterocycles. The summed E-state index contributed by atoms with van der Waals surface area (Å²) in [5, 5.41) is 8.91. The van der Waals surface area contributed by atoms with Gasteiger partial charge in [0.25, 0.3) is 0 Å². The van der Waals surface area contributed by atoms with Gasteiger partial charge in [0.1, 0.15) is 0 Å². The molecule has 1 aliphatic carbocycles. The summed E-state index contributed by atoms with van der Waals surface area (Å²) in [6.07, 6.45) is 5.54. The summed E-state index contributed by atoms with van der Waals surface area (Å²) in [7, 11) is 0. The van der Waals surface area contributed by atoms with Crippen LogP contribution in [0.3, 0.4) is 0 Å². The Morgan fingerprint density at radius 3 is 2.50 bits per heavy atom. The van der Waals surface area contributed by atoms with Gasteiger partial charge in [0.2, 0.25) is 5.91 Å². The van der Waals surface area contributed by atoms with Crippen molar-refractivity contribution in [1.29, 1.82) is 0 Å². The highest BCUT2D eigenvalue weighted by atomic mass is 16.3.